The molecule has 2 aromatic rings. The van der Waals surface area contributed by atoms with Crippen LogP contribution in [0.1, 0.15) is 46.7 Å². The Morgan fingerprint density at radius 3 is 2.74 bits per heavy atom. The third-order valence-electron chi connectivity index (χ3n) is 8.60. The van der Waals surface area contributed by atoms with Crippen molar-refractivity contribution in [3.63, 3.8) is 0 Å². The summed E-state index contributed by atoms with van der Waals surface area (Å²) in [6.45, 7) is 4.86. The molecule has 1 aromatic carbocycles. The van der Waals surface area contributed by atoms with Crippen LogP contribution in [0.3, 0.4) is 0 Å². The zero-order valence-electron chi connectivity index (χ0n) is 23.5. The first-order valence-electron chi connectivity index (χ1n) is 13.7. The first kappa shape index (κ1) is 27.5. The van der Waals surface area contributed by atoms with Gasteiger partial charge in [0.15, 0.2) is 17.6 Å². The van der Waals surface area contributed by atoms with Gasteiger partial charge in [0.05, 0.1) is 24.3 Å². The van der Waals surface area contributed by atoms with Gasteiger partial charge in [-0.1, -0.05) is 26.0 Å². The minimum atomic E-state index is -1.30. The molecule has 1 fully saturated rings. The number of carbonyl (C=O) groups excluding carboxylic acids is 2. The van der Waals surface area contributed by atoms with Gasteiger partial charge in [-0.15, -0.1) is 0 Å². The van der Waals surface area contributed by atoms with Gasteiger partial charge < -0.3 is 42.2 Å². The van der Waals surface area contributed by atoms with Crippen molar-refractivity contribution in [1.82, 2.24) is 30.6 Å². The molecule has 15 heteroatoms. The second-order valence-electron chi connectivity index (χ2n) is 11.7. The van der Waals surface area contributed by atoms with Crippen molar-refractivity contribution in [2.24, 2.45) is 28.5 Å². The molecule has 0 bridgehead atoms. The van der Waals surface area contributed by atoms with Crippen molar-refractivity contribution < 1.29 is 19.4 Å². The van der Waals surface area contributed by atoms with Crippen molar-refractivity contribution in [2.45, 2.75) is 55.6 Å². The van der Waals surface area contributed by atoms with Crippen LogP contribution in [0.4, 0.5) is 0 Å². The number of aliphatic imine (C=N–C) groups is 2. The van der Waals surface area contributed by atoms with Gasteiger partial charge >= 0.3 is 0 Å². The predicted octanol–water partition coefficient (Wildman–Crippen LogP) is -2.27. The number of para-hydroxylation sites is 1. The largest absolute Gasteiger partial charge is 0.492 e. The minimum Gasteiger partial charge on any atom is -0.492 e. The van der Waals surface area contributed by atoms with Crippen LogP contribution in [-0.4, -0.2) is 93.1 Å². The van der Waals surface area contributed by atoms with Crippen LogP contribution >= 0.6 is 0 Å². The summed E-state index contributed by atoms with van der Waals surface area (Å²) in [6, 6.07) is 5.86. The summed E-state index contributed by atoms with van der Waals surface area (Å²) in [5, 5.41) is 24.5. The van der Waals surface area contributed by atoms with Crippen LogP contribution in [0.15, 0.2) is 45.1 Å². The maximum atomic E-state index is 13.6. The van der Waals surface area contributed by atoms with Gasteiger partial charge in [0.2, 0.25) is 0 Å². The van der Waals surface area contributed by atoms with E-state index in [4.69, 9.17) is 16.2 Å². The molecule has 1 spiro atoms. The van der Waals surface area contributed by atoms with Gasteiger partial charge in [-0.2, -0.15) is 5.10 Å². The summed E-state index contributed by atoms with van der Waals surface area (Å²) in [7, 11) is 1.45. The second-order valence-corrected chi connectivity index (χ2v) is 11.7. The van der Waals surface area contributed by atoms with E-state index in [0.29, 0.717) is 17.9 Å². The highest BCUT2D eigenvalue weighted by atomic mass is 16.5. The smallest absolute Gasteiger partial charge is 0.271 e. The second kappa shape index (κ2) is 9.72. The highest BCUT2D eigenvalue weighted by molar-refractivity contribution is 5.98. The lowest BCUT2D eigenvalue weighted by atomic mass is 9.79. The maximum Gasteiger partial charge on any atom is 0.271 e. The number of rotatable bonds is 5. The number of aliphatic hydroxyl groups excluding tert-OH is 1. The number of nitrogens with zero attached hydrogens (tertiary/aromatic N) is 5. The molecule has 15 nitrogen and oxygen atoms in total. The van der Waals surface area contributed by atoms with E-state index >= 15 is 0 Å². The Morgan fingerprint density at radius 2 is 1.98 bits per heavy atom. The molecule has 1 aromatic heterocycles. The summed E-state index contributed by atoms with van der Waals surface area (Å²) in [5.41, 5.74) is 12.1. The first-order valence-corrected chi connectivity index (χ1v) is 13.7. The van der Waals surface area contributed by atoms with Crippen molar-refractivity contribution in [1.29, 1.82) is 0 Å². The fourth-order valence-electron chi connectivity index (χ4n) is 6.31. The number of nitrogens with one attached hydrogen (secondary N) is 3. The third-order valence-corrected chi connectivity index (χ3v) is 8.60. The lowest BCUT2D eigenvalue weighted by molar-refractivity contribution is 0.0143. The Labute approximate surface area is 241 Å². The Hall–Kier alpha value is -4.66. The standard InChI is InChI=1S/C27H34N10O5/c1-26(2)9-10-42-19-13(5-4-6-14(19)26)22(40)31-17-12-37-25(29)32-16(20-27(37,21(17)39)34-24(28)33-20)11-30-23(41)15-7-8-18(38)36(3)35-15/h4-8,16-17,20-21,39H,9-12H2,1-3H3,(H2,29,32)(H,30,41)(H,31,40)(H3,28,33,34)/t16-,17?,20?,21+,27?/m0/s1. The van der Waals surface area contributed by atoms with Crippen molar-refractivity contribution in [3.8, 4) is 5.75 Å². The van der Waals surface area contributed by atoms with Crippen LogP contribution in [0.25, 0.3) is 0 Å². The Balaban J connectivity index is 1.22. The van der Waals surface area contributed by atoms with Crippen molar-refractivity contribution in [3.05, 3.63) is 57.5 Å². The number of hydrogen-bond donors (Lipinski definition) is 6. The van der Waals surface area contributed by atoms with Gasteiger partial charge in [-0.25, -0.2) is 14.7 Å². The predicted molar refractivity (Wildman–Crippen MR) is 152 cm³/mol. The molecule has 42 heavy (non-hydrogen) atoms. The summed E-state index contributed by atoms with van der Waals surface area (Å²) < 4.78 is 6.99. The average Bonchev–Trinajstić information content (AvgIpc) is 3.44. The highest BCUT2D eigenvalue weighted by Crippen LogP contribution is 2.42. The van der Waals surface area contributed by atoms with E-state index in [-0.39, 0.29) is 41.7 Å². The van der Waals surface area contributed by atoms with E-state index in [1.54, 1.807) is 11.0 Å². The average molecular weight is 579 g/mol. The quantitative estimate of drug-likeness (QED) is 0.224. The SMILES string of the molecule is Cn1nc(C(=O)NC[C@@H]2N=C(N)N3CC(NC(=O)c4cccc5c4OCCC5(C)C)[C@@H](O)C34NC(N)=NC24)ccc1=O. The summed E-state index contributed by atoms with van der Waals surface area (Å²) in [4.78, 5) is 48.7. The summed E-state index contributed by atoms with van der Waals surface area (Å²) in [5.74, 6) is -0.195. The molecular weight excluding hydrogens is 544 g/mol. The van der Waals surface area contributed by atoms with Gasteiger partial charge in [-0.3, -0.25) is 14.4 Å². The molecule has 1 saturated heterocycles. The number of ether oxygens (including phenoxy) is 1. The number of fused-ring (bicyclic) bond motifs is 1. The van der Waals surface area contributed by atoms with Crippen LogP contribution in [0, 0.1) is 0 Å². The minimum absolute atomic E-state index is 0.00417. The molecule has 2 amide bonds. The lowest BCUT2D eigenvalue weighted by Crippen LogP contribution is -2.73. The molecular formula is C27H34N10O5. The molecule has 8 N–H and O–H groups in total. The molecule has 4 aliphatic rings. The molecule has 222 valence electrons. The Bertz CT molecular complexity index is 1590. The van der Waals surface area contributed by atoms with Crippen molar-refractivity contribution in [2.75, 3.05) is 19.7 Å². The summed E-state index contributed by atoms with van der Waals surface area (Å²) >= 11 is 0. The number of aryl methyl sites for hydroxylation is 1. The number of amides is 2. The van der Waals surface area contributed by atoms with E-state index in [1.807, 2.05) is 12.1 Å². The molecule has 5 atom stereocenters. The molecule has 0 saturated carbocycles. The van der Waals surface area contributed by atoms with Gasteiger partial charge in [0.25, 0.3) is 17.4 Å². The highest BCUT2D eigenvalue weighted by Gasteiger charge is 2.65. The molecule has 3 unspecified atom stereocenters. The molecule has 5 heterocycles. The number of aromatic nitrogens is 2. The molecule has 0 radical (unpaired) electrons. The number of carbonyl (C=O) groups is 2. The maximum absolute atomic E-state index is 13.6. The number of benzene rings is 1. The topological polar surface area (TPSA) is 215 Å². The van der Waals surface area contributed by atoms with Crippen LogP contribution in [-0.2, 0) is 12.5 Å². The Kier molecular flexibility index (Phi) is 6.36. The number of aliphatic hydroxyl groups is 1. The van der Waals surface area contributed by atoms with E-state index in [1.165, 1.54) is 19.2 Å². The fourth-order valence-corrected chi connectivity index (χ4v) is 6.31. The van der Waals surface area contributed by atoms with E-state index in [9.17, 15) is 19.5 Å². The monoisotopic (exact) mass is 578 g/mol. The molecule has 4 aliphatic heterocycles. The van der Waals surface area contributed by atoms with Crippen molar-refractivity contribution >= 4 is 23.7 Å². The van der Waals surface area contributed by atoms with E-state index < -0.39 is 41.7 Å². The summed E-state index contributed by atoms with van der Waals surface area (Å²) in [6.07, 6.45) is -0.370. The fraction of sp³-hybridized carbons (Fsp3) is 0.481. The van der Waals surface area contributed by atoms with Gasteiger partial charge in [0, 0.05) is 31.8 Å². The van der Waals surface area contributed by atoms with E-state index in [2.05, 4.69) is 44.9 Å². The number of guanidine groups is 2. The van der Waals surface area contributed by atoms with Crippen LogP contribution in [0.5, 0.6) is 5.75 Å². The van der Waals surface area contributed by atoms with Crippen LogP contribution in [0.2, 0.25) is 0 Å². The first-order chi connectivity index (χ1) is 19.9. The van der Waals surface area contributed by atoms with Crippen LogP contribution < -0.4 is 37.7 Å². The molecule has 0 aliphatic carbocycles. The number of nitrogens with two attached hydrogens (primary N) is 2. The zero-order valence-corrected chi connectivity index (χ0v) is 23.5. The number of hydrogen-bond acceptors (Lipinski definition) is 12. The lowest BCUT2D eigenvalue weighted by Gasteiger charge is -2.46. The normalized spacial score (nSPS) is 28.7. The Morgan fingerprint density at radius 1 is 1.19 bits per heavy atom. The zero-order chi connectivity index (χ0) is 30.0. The van der Waals surface area contributed by atoms with Gasteiger partial charge in [-0.05, 0) is 24.0 Å². The third kappa shape index (κ3) is 4.22. The van der Waals surface area contributed by atoms with E-state index in [0.717, 1.165) is 16.7 Å². The molecule has 6 rings (SSSR count). The van der Waals surface area contributed by atoms with Gasteiger partial charge in [0.1, 0.15) is 23.6 Å².